The van der Waals surface area contributed by atoms with Gasteiger partial charge in [0.2, 0.25) is 0 Å². The fourth-order valence-electron chi connectivity index (χ4n) is 3.84. The van der Waals surface area contributed by atoms with Crippen molar-refractivity contribution in [2.24, 2.45) is 5.41 Å². The topological polar surface area (TPSA) is 46.0 Å². The van der Waals surface area contributed by atoms with Gasteiger partial charge in [0, 0.05) is 31.7 Å². The smallest absolute Gasteiger partial charge is 0.137 e. The molecule has 5 heteroatoms. The molecule has 2 aromatic rings. The lowest BCUT2D eigenvalue weighted by atomic mass is 9.78. The molecule has 1 spiro atoms. The molecule has 0 atom stereocenters. The zero-order valence-electron chi connectivity index (χ0n) is 12.9. The summed E-state index contributed by atoms with van der Waals surface area (Å²) in [5.41, 5.74) is 1.88. The number of aromatic nitrogens is 3. The van der Waals surface area contributed by atoms with Gasteiger partial charge >= 0.3 is 0 Å². The molecule has 1 N–H and O–H groups in total. The molecular weight excluding hydrogens is 274 g/mol. The van der Waals surface area contributed by atoms with E-state index >= 15 is 0 Å². The lowest BCUT2D eigenvalue weighted by molar-refractivity contribution is 0.194. The fourth-order valence-corrected chi connectivity index (χ4v) is 3.84. The van der Waals surface area contributed by atoms with Crippen LogP contribution >= 0.6 is 0 Å². The van der Waals surface area contributed by atoms with Crippen LogP contribution in [0.25, 0.3) is 5.82 Å². The molecule has 4 heterocycles. The number of piperidine rings is 1. The minimum Gasteiger partial charge on any atom is -0.317 e. The predicted molar refractivity (Wildman–Crippen MR) is 85.8 cm³/mol. The predicted octanol–water partition coefficient (Wildman–Crippen LogP) is 1.84. The summed E-state index contributed by atoms with van der Waals surface area (Å²) in [4.78, 5) is 11.2. The van der Waals surface area contributed by atoms with E-state index in [1.165, 1.54) is 51.0 Å². The number of pyridine rings is 1. The minimum absolute atomic E-state index is 0.579. The number of rotatable bonds is 3. The summed E-state index contributed by atoms with van der Waals surface area (Å²) in [5.74, 6) is 0.928. The highest BCUT2D eigenvalue weighted by Crippen LogP contribution is 2.38. The summed E-state index contributed by atoms with van der Waals surface area (Å²) in [7, 11) is 0. The summed E-state index contributed by atoms with van der Waals surface area (Å²) in [6, 6.07) is 4.27. The number of likely N-dealkylation sites (tertiary alicyclic amines) is 1. The van der Waals surface area contributed by atoms with Gasteiger partial charge in [-0.15, -0.1) is 0 Å². The number of hydrogen-bond donors (Lipinski definition) is 1. The molecule has 2 aliphatic rings. The van der Waals surface area contributed by atoms with Crippen LogP contribution in [0.4, 0.5) is 0 Å². The van der Waals surface area contributed by atoms with Gasteiger partial charge in [0.25, 0.3) is 0 Å². The molecule has 2 aliphatic heterocycles. The van der Waals surface area contributed by atoms with E-state index in [1.54, 1.807) is 12.5 Å². The molecule has 22 heavy (non-hydrogen) atoms. The molecule has 0 saturated carbocycles. The van der Waals surface area contributed by atoms with Crippen LogP contribution in [0.1, 0.15) is 24.8 Å². The van der Waals surface area contributed by atoms with Crippen LogP contribution in [0.5, 0.6) is 0 Å². The van der Waals surface area contributed by atoms with E-state index < -0.39 is 0 Å². The van der Waals surface area contributed by atoms with Gasteiger partial charge in [-0.05, 0) is 55.9 Å². The lowest BCUT2D eigenvalue weighted by Gasteiger charge is -2.33. The van der Waals surface area contributed by atoms with Gasteiger partial charge in [-0.25, -0.2) is 9.97 Å². The Kier molecular flexibility index (Phi) is 3.68. The molecular formula is C17H23N5. The van der Waals surface area contributed by atoms with Crippen molar-refractivity contribution in [3.8, 4) is 5.82 Å². The van der Waals surface area contributed by atoms with E-state index in [0.717, 1.165) is 12.4 Å². The van der Waals surface area contributed by atoms with Crippen LogP contribution in [0.2, 0.25) is 0 Å². The maximum absolute atomic E-state index is 4.55. The Morgan fingerprint density at radius 3 is 2.82 bits per heavy atom. The highest BCUT2D eigenvalue weighted by atomic mass is 15.2. The second kappa shape index (κ2) is 5.82. The first-order valence-electron chi connectivity index (χ1n) is 8.19. The van der Waals surface area contributed by atoms with Gasteiger partial charge in [-0.3, -0.25) is 9.47 Å². The van der Waals surface area contributed by atoms with Crippen molar-refractivity contribution in [1.29, 1.82) is 0 Å². The Hall–Kier alpha value is -1.72. The van der Waals surface area contributed by atoms with E-state index in [-0.39, 0.29) is 0 Å². The van der Waals surface area contributed by atoms with Gasteiger partial charge < -0.3 is 5.32 Å². The Labute approximate surface area is 131 Å². The zero-order chi connectivity index (χ0) is 14.8. The molecule has 0 aromatic carbocycles. The number of nitrogens with zero attached hydrogens (tertiary/aromatic N) is 4. The fraction of sp³-hybridized carbons (Fsp3) is 0.529. The second-order valence-electron chi connectivity index (χ2n) is 6.71. The van der Waals surface area contributed by atoms with Crippen molar-refractivity contribution in [3.05, 3.63) is 42.6 Å². The van der Waals surface area contributed by atoms with Crippen LogP contribution in [-0.2, 0) is 6.54 Å². The molecule has 0 radical (unpaired) electrons. The summed E-state index contributed by atoms with van der Waals surface area (Å²) in [6.45, 7) is 5.87. The van der Waals surface area contributed by atoms with Crippen molar-refractivity contribution < 1.29 is 0 Å². The first-order chi connectivity index (χ1) is 10.8. The molecule has 116 valence electrons. The maximum atomic E-state index is 4.55. The summed E-state index contributed by atoms with van der Waals surface area (Å²) in [5, 5.41) is 3.48. The minimum atomic E-state index is 0.579. The largest absolute Gasteiger partial charge is 0.317 e. The molecule has 0 amide bonds. The molecule has 0 unspecified atom stereocenters. The Morgan fingerprint density at radius 2 is 2.09 bits per heavy atom. The van der Waals surface area contributed by atoms with Crippen molar-refractivity contribution >= 4 is 0 Å². The highest BCUT2D eigenvalue weighted by Gasteiger charge is 2.38. The molecule has 5 nitrogen and oxygen atoms in total. The third-order valence-electron chi connectivity index (χ3n) is 5.17. The standard InChI is InChI=1S/C17H23N5/c1-2-16(22-10-8-19-14-22)20-11-15(1)12-21-9-5-17(13-21)3-6-18-7-4-17/h1-2,8,10-11,14,18H,3-7,9,12-13H2. The lowest BCUT2D eigenvalue weighted by Crippen LogP contribution is -2.38. The van der Waals surface area contributed by atoms with Gasteiger partial charge in [0.15, 0.2) is 0 Å². The Bertz CT molecular complexity index is 598. The van der Waals surface area contributed by atoms with Gasteiger partial charge in [-0.1, -0.05) is 6.07 Å². The highest BCUT2D eigenvalue weighted by molar-refractivity contribution is 5.25. The number of imidazole rings is 1. The van der Waals surface area contributed by atoms with Crippen LogP contribution in [0.3, 0.4) is 0 Å². The third kappa shape index (κ3) is 2.78. The summed E-state index contributed by atoms with van der Waals surface area (Å²) >= 11 is 0. The first-order valence-corrected chi connectivity index (χ1v) is 8.19. The van der Waals surface area contributed by atoms with Gasteiger partial charge in [0.1, 0.15) is 12.1 Å². The zero-order valence-corrected chi connectivity index (χ0v) is 12.9. The average Bonchev–Trinajstić information content (AvgIpc) is 3.20. The van der Waals surface area contributed by atoms with Crippen LogP contribution in [0, 0.1) is 5.41 Å². The van der Waals surface area contributed by atoms with Crippen molar-refractivity contribution in [3.63, 3.8) is 0 Å². The summed E-state index contributed by atoms with van der Waals surface area (Å²) < 4.78 is 1.93. The quantitative estimate of drug-likeness (QED) is 0.939. The molecule has 4 rings (SSSR count). The molecule has 2 fully saturated rings. The van der Waals surface area contributed by atoms with Crippen LogP contribution in [-0.4, -0.2) is 45.6 Å². The Morgan fingerprint density at radius 1 is 1.18 bits per heavy atom. The number of hydrogen-bond acceptors (Lipinski definition) is 4. The molecule has 2 saturated heterocycles. The first kappa shape index (κ1) is 13.9. The maximum Gasteiger partial charge on any atom is 0.137 e. The third-order valence-corrected chi connectivity index (χ3v) is 5.17. The van der Waals surface area contributed by atoms with Crippen LogP contribution in [0.15, 0.2) is 37.1 Å². The molecule has 2 aromatic heterocycles. The van der Waals surface area contributed by atoms with Gasteiger partial charge in [0.05, 0.1) is 0 Å². The monoisotopic (exact) mass is 297 g/mol. The number of nitrogens with one attached hydrogen (secondary N) is 1. The van der Waals surface area contributed by atoms with Gasteiger partial charge in [-0.2, -0.15) is 0 Å². The van der Waals surface area contributed by atoms with E-state index in [1.807, 2.05) is 17.0 Å². The SMILES string of the molecule is c1cn(-c2ccc(CN3CCC4(CCNCC4)C3)cn2)cn1. The van der Waals surface area contributed by atoms with Crippen molar-refractivity contribution in [1.82, 2.24) is 24.8 Å². The van der Waals surface area contributed by atoms with E-state index in [9.17, 15) is 0 Å². The van der Waals surface area contributed by atoms with Crippen molar-refractivity contribution in [2.75, 3.05) is 26.2 Å². The normalized spacial score (nSPS) is 21.5. The van der Waals surface area contributed by atoms with Crippen molar-refractivity contribution in [2.45, 2.75) is 25.8 Å². The van der Waals surface area contributed by atoms with E-state index in [0.29, 0.717) is 5.41 Å². The summed E-state index contributed by atoms with van der Waals surface area (Å²) in [6.07, 6.45) is 11.5. The molecule has 0 bridgehead atoms. The van der Waals surface area contributed by atoms with E-state index in [4.69, 9.17) is 0 Å². The average molecular weight is 297 g/mol. The van der Waals surface area contributed by atoms with E-state index in [2.05, 4.69) is 32.3 Å². The van der Waals surface area contributed by atoms with Crippen LogP contribution < -0.4 is 5.32 Å². The second-order valence-corrected chi connectivity index (χ2v) is 6.71. The molecule has 0 aliphatic carbocycles. The Balaban J connectivity index is 1.39.